The van der Waals surface area contributed by atoms with E-state index in [4.69, 9.17) is 9.47 Å². The van der Waals surface area contributed by atoms with E-state index in [2.05, 4.69) is 5.32 Å². The largest absolute Gasteiger partial charge is 0.497 e. The molecule has 4 rings (SSSR count). The van der Waals surface area contributed by atoms with Crippen LogP contribution in [-0.2, 0) is 7.05 Å². The number of rotatable bonds is 5. The summed E-state index contributed by atoms with van der Waals surface area (Å²) in [5.74, 6) is 1.38. The molecule has 0 spiro atoms. The van der Waals surface area contributed by atoms with Gasteiger partial charge in [-0.3, -0.25) is 9.59 Å². The van der Waals surface area contributed by atoms with Crippen molar-refractivity contribution in [3.63, 3.8) is 0 Å². The van der Waals surface area contributed by atoms with Crippen molar-refractivity contribution >= 4 is 22.6 Å². The molecule has 0 unspecified atom stereocenters. The lowest BCUT2D eigenvalue weighted by atomic mass is 10.0. The summed E-state index contributed by atoms with van der Waals surface area (Å²) in [5.41, 5.74) is 2.09. The molecule has 31 heavy (non-hydrogen) atoms. The molecule has 1 N–H and O–H groups in total. The van der Waals surface area contributed by atoms with Crippen LogP contribution in [0, 0.1) is 0 Å². The quantitative estimate of drug-likeness (QED) is 0.523. The first kappa shape index (κ1) is 20.2. The second-order valence-electron chi connectivity index (χ2n) is 7.04. The van der Waals surface area contributed by atoms with Gasteiger partial charge in [0.25, 0.3) is 5.91 Å². The van der Waals surface area contributed by atoms with Gasteiger partial charge in [-0.25, -0.2) is 0 Å². The molecule has 0 atom stereocenters. The molecular weight excluding hydrogens is 392 g/mol. The van der Waals surface area contributed by atoms with E-state index in [0.29, 0.717) is 39.4 Å². The molecule has 0 saturated heterocycles. The zero-order valence-electron chi connectivity index (χ0n) is 17.5. The van der Waals surface area contributed by atoms with E-state index < -0.39 is 0 Å². The average Bonchev–Trinajstić information content (AvgIpc) is 2.82. The van der Waals surface area contributed by atoms with Gasteiger partial charge in [-0.15, -0.1) is 0 Å². The number of carbonyl (C=O) groups excluding carboxylic acids is 1. The minimum absolute atomic E-state index is 0.160. The van der Waals surface area contributed by atoms with Crippen molar-refractivity contribution in [1.29, 1.82) is 0 Å². The fraction of sp³-hybridized carbons (Fsp3) is 0.120. The molecule has 0 saturated carbocycles. The number of para-hydroxylation sites is 1. The van der Waals surface area contributed by atoms with E-state index >= 15 is 0 Å². The van der Waals surface area contributed by atoms with Gasteiger partial charge in [-0.1, -0.05) is 24.3 Å². The molecule has 6 nitrogen and oxygen atoms in total. The van der Waals surface area contributed by atoms with Crippen molar-refractivity contribution in [2.75, 3.05) is 19.5 Å². The number of anilines is 1. The van der Waals surface area contributed by atoms with Crippen LogP contribution < -0.4 is 20.2 Å². The zero-order valence-corrected chi connectivity index (χ0v) is 17.5. The fourth-order valence-electron chi connectivity index (χ4n) is 3.60. The number of benzene rings is 3. The summed E-state index contributed by atoms with van der Waals surface area (Å²) in [4.78, 5) is 26.5. The van der Waals surface area contributed by atoms with E-state index in [0.717, 1.165) is 5.52 Å². The van der Waals surface area contributed by atoms with Crippen molar-refractivity contribution in [2.45, 2.75) is 0 Å². The number of pyridine rings is 1. The average molecular weight is 414 g/mol. The fourth-order valence-corrected chi connectivity index (χ4v) is 3.60. The van der Waals surface area contributed by atoms with Crippen molar-refractivity contribution in [1.82, 2.24) is 4.57 Å². The Balaban J connectivity index is 1.90. The lowest BCUT2D eigenvalue weighted by Gasteiger charge is -2.18. The van der Waals surface area contributed by atoms with Crippen molar-refractivity contribution < 1.29 is 14.3 Å². The summed E-state index contributed by atoms with van der Waals surface area (Å²) in [6.45, 7) is 0. The predicted molar refractivity (Wildman–Crippen MR) is 122 cm³/mol. The number of hydrogen-bond acceptors (Lipinski definition) is 4. The molecule has 3 aromatic carbocycles. The van der Waals surface area contributed by atoms with E-state index in [1.165, 1.54) is 0 Å². The van der Waals surface area contributed by atoms with Crippen LogP contribution in [-0.4, -0.2) is 24.7 Å². The van der Waals surface area contributed by atoms with Crippen LogP contribution in [0.1, 0.15) is 10.4 Å². The van der Waals surface area contributed by atoms with Crippen LogP contribution in [0.5, 0.6) is 11.5 Å². The summed E-state index contributed by atoms with van der Waals surface area (Å²) in [6.07, 6.45) is 0. The molecule has 0 radical (unpaired) electrons. The molecule has 6 heteroatoms. The second-order valence-corrected chi connectivity index (χ2v) is 7.04. The Labute approximate surface area is 179 Å². The summed E-state index contributed by atoms with van der Waals surface area (Å²) in [6, 6.07) is 21.4. The third kappa shape index (κ3) is 3.75. The minimum atomic E-state index is -0.322. The third-order valence-corrected chi connectivity index (χ3v) is 5.25. The van der Waals surface area contributed by atoms with E-state index in [1.807, 2.05) is 48.0 Å². The van der Waals surface area contributed by atoms with E-state index in [9.17, 15) is 9.59 Å². The number of amides is 1. The highest BCUT2D eigenvalue weighted by Crippen LogP contribution is 2.30. The third-order valence-electron chi connectivity index (χ3n) is 5.25. The van der Waals surface area contributed by atoms with Crippen LogP contribution in [0.25, 0.3) is 22.0 Å². The van der Waals surface area contributed by atoms with Gasteiger partial charge in [0.2, 0.25) is 0 Å². The van der Waals surface area contributed by atoms with Crippen LogP contribution in [0.2, 0.25) is 0 Å². The standard InChI is InChI=1S/C25H22N2O4/c1-27-21-10-5-4-9-20(21)23(28)22(17-7-6-8-19(15-17)31-3)24(27)26-25(29)16-11-13-18(30-2)14-12-16/h4-15H,1-3H3,(H,26,29). The van der Waals surface area contributed by atoms with Gasteiger partial charge in [-0.2, -0.15) is 0 Å². The Morgan fingerprint density at radius 3 is 2.29 bits per heavy atom. The summed E-state index contributed by atoms with van der Waals surface area (Å²) < 4.78 is 12.3. The van der Waals surface area contributed by atoms with Crippen molar-refractivity contribution in [2.24, 2.45) is 7.05 Å². The summed E-state index contributed by atoms with van der Waals surface area (Å²) >= 11 is 0. The monoisotopic (exact) mass is 414 g/mol. The normalized spacial score (nSPS) is 10.7. The number of fused-ring (bicyclic) bond motifs is 1. The Hall–Kier alpha value is -4.06. The molecule has 1 aromatic heterocycles. The minimum Gasteiger partial charge on any atom is -0.497 e. The molecule has 4 aromatic rings. The van der Waals surface area contributed by atoms with Gasteiger partial charge in [0, 0.05) is 18.0 Å². The van der Waals surface area contributed by atoms with Crippen molar-refractivity contribution in [3.8, 4) is 22.6 Å². The van der Waals surface area contributed by atoms with Gasteiger partial charge in [0.05, 0.1) is 25.3 Å². The summed E-state index contributed by atoms with van der Waals surface area (Å²) in [7, 11) is 4.97. The summed E-state index contributed by atoms with van der Waals surface area (Å²) in [5, 5.41) is 3.52. The van der Waals surface area contributed by atoms with Gasteiger partial charge in [0.1, 0.15) is 17.3 Å². The van der Waals surface area contributed by atoms with Crippen LogP contribution >= 0.6 is 0 Å². The maximum Gasteiger partial charge on any atom is 0.256 e. The van der Waals surface area contributed by atoms with E-state index in [1.54, 1.807) is 50.6 Å². The molecule has 1 heterocycles. The maximum absolute atomic E-state index is 13.5. The first-order valence-corrected chi connectivity index (χ1v) is 9.75. The van der Waals surface area contributed by atoms with Gasteiger partial charge >= 0.3 is 0 Å². The lowest BCUT2D eigenvalue weighted by Crippen LogP contribution is -2.21. The Bertz CT molecular complexity index is 1320. The number of ether oxygens (including phenoxy) is 2. The van der Waals surface area contributed by atoms with Crippen molar-refractivity contribution in [3.05, 3.63) is 88.6 Å². The Kier molecular flexibility index (Phi) is 5.45. The number of carbonyl (C=O) groups is 1. The molecule has 0 aliphatic heterocycles. The number of nitrogens with zero attached hydrogens (tertiary/aromatic N) is 1. The lowest BCUT2D eigenvalue weighted by molar-refractivity contribution is 0.102. The van der Waals surface area contributed by atoms with Gasteiger partial charge in [-0.05, 0) is 54.1 Å². The highest BCUT2D eigenvalue weighted by Gasteiger charge is 2.19. The number of nitrogens with one attached hydrogen (secondary N) is 1. The number of hydrogen-bond donors (Lipinski definition) is 1. The molecule has 0 fully saturated rings. The van der Waals surface area contributed by atoms with Gasteiger partial charge in [0.15, 0.2) is 5.43 Å². The predicted octanol–water partition coefficient (Wildman–Crippen LogP) is 4.48. The smallest absolute Gasteiger partial charge is 0.256 e. The highest BCUT2D eigenvalue weighted by molar-refractivity contribution is 6.07. The first-order valence-electron chi connectivity index (χ1n) is 9.75. The first-order chi connectivity index (χ1) is 15.0. The SMILES string of the molecule is COc1ccc(C(=O)Nc2c(-c3cccc(OC)c3)c(=O)c3ccccc3n2C)cc1. The number of methoxy groups -OCH3 is 2. The molecule has 0 aliphatic carbocycles. The molecule has 156 valence electrons. The van der Waals surface area contributed by atoms with Crippen LogP contribution in [0.4, 0.5) is 5.82 Å². The molecule has 0 aliphatic rings. The Morgan fingerprint density at radius 1 is 0.871 bits per heavy atom. The maximum atomic E-state index is 13.5. The molecular formula is C25H22N2O4. The van der Waals surface area contributed by atoms with Crippen LogP contribution in [0.3, 0.4) is 0 Å². The second kappa shape index (κ2) is 8.36. The van der Waals surface area contributed by atoms with Crippen LogP contribution in [0.15, 0.2) is 77.6 Å². The Morgan fingerprint density at radius 2 is 1.58 bits per heavy atom. The number of aryl methyl sites for hydroxylation is 1. The highest BCUT2D eigenvalue weighted by atomic mass is 16.5. The zero-order chi connectivity index (χ0) is 22.0. The molecule has 1 amide bonds. The number of aromatic nitrogens is 1. The van der Waals surface area contributed by atoms with E-state index in [-0.39, 0.29) is 11.3 Å². The molecule has 0 bridgehead atoms. The van der Waals surface area contributed by atoms with Gasteiger partial charge < -0.3 is 19.4 Å². The topological polar surface area (TPSA) is 69.6 Å².